The maximum absolute atomic E-state index is 4.43. The lowest BCUT2D eigenvalue weighted by Crippen LogP contribution is -2.34. The molecule has 0 saturated heterocycles. The fourth-order valence-corrected chi connectivity index (χ4v) is 3.12. The molecule has 2 aromatic rings. The number of pyridine rings is 1. The molecule has 1 aliphatic carbocycles. The summed E-state index contributed by atoms with van der Waals surface area (Å²) >= 11 is 0. The van der Waals surface area contributed by atoms with E-state index in [-0.39, 0.29) is 0 Å². The van der Waals surface area contributed by atoms with Crippen LogP contribution in [0.3, 0.4) is 0 Å². The van der Waals surface area contributed by atoms with Gasteiger partial charge >= 0.3 is 0 Å². The molecule has 0 aliphatic heterocycles. The summed E-state index contributed by atoms with van der Waals surface area (Å²) in [5, 5.41) is 6.23. The lowest BCUT2D eigenvalue weighted by molar-refractivity contribution is 0.247. The Morgan fingerprint density at radius 2 is 2.11 bits per heavy atom. The van der Waals surface area contributed by atoms with E-state index in [0.29, 0.717) is 5.92 Å². The van der Waals surface area contributed by atoms with Crippen LogP contribution in [0.5, 0.6) is 0 Å². The first-order valence-corrected chi connectivity index (χ1v) is 7.43. The Kier molecular flexibility index (Phi) is 3.79. The Bertz CT molecular complexity index is 544. The number of hydrogen-bond acceptors (Lipinski definition) is 2. The molecule has 3 rings (SSSR count). The van der Waals surface area contributed by atoms with Gasteiger partial charge in [-0.3, -0.25) is 4.98 Å². The van der Waals surface area contributed by atoms with Crippen LogP contribution in [0.2, 0.25) is 0 Å². The van der Waals surface area contributed by atoms with Crippen LogP contribution >= 0.6 is 0 Å². The molecule has 0 bridgehead atoms. The van der Waals surface area contributed by atoms with Gasteiger partial charge in [0.05, 0.1) is 0 Å². The summed E-state index contributed by atoms with van der Waals surface area (Å²) in [7, 11) is 0. The zero-order valence-electron chi connectivity index (χ0n) is 11.6. The van der Waals surface area contributed by atoms with Crippen LogP contribution in [-0.2, 0) is 0 Å². The fourth-order valence-electron chi connectivity index (χ4n) is 3.12. The van der Waals surface area contributed by atoms with E-state index in [2.05, 4.69) is 47.7 Å². The van der Waals surface area contributed by atoms with Crippen molar-refractivity contribution in [2.24, 2.45) is 5.92 Å². The van der Waals surface area contributed by atoms with Crippen molar-refractivity contribution in [3.8, 4) is 0 Å². The predicted molar refractivity (Wildman–Crippen MR) is 80.4 cm³/mol. The molecule has 1 heterocycles. The van der Waals surface area contributed by atoms with Crippen molar-refractivity contribution >= 4 is 10.8 Å². The summed E-state index contributed by atoms with van der Waals surface area (Å²) in [4.78, 5) is 4.43. The van der Waals surface area contributed by atoms with Gasteiger partial charge < -0.3 is 5.32 Å². The lowest BCUT2D eigenvalue weighted by atomic mass is 9.69. The Morgan fingerprint density at radius 3 is 2.89 bits per heavy atom. The smallest absolute Gasteiger partial charge is 0.0346 e. The molecule has 2 nitrogen and oxygen atoms in total. The van der Waals surface area contributed by atoms with Crippen molar-refractivity contribution in [2.75, 3.05) is 13.1 Å². The molecule has 2 unspecified atom stereocenters. The van der Waals surface area contributed by atoms with Crippen LogP contribution in [0, 0.1) is 5.92 Å². The van der Waals surface area contributed by atoms with Gasteiger partial charge in [-0.2, -0.15) is 0 Å². The molecule has 2 heteroatoms. The van der Waals surface area contributed by atoms with Crippen LogP contribution in [0.1, 0.15) is 37.7 Å². The topological polar surface area (TPSA) is 24.9 Å². The van der Waals surface area contributed by atoms with E-state index in [4.69, 9.17) is 0 Å². The highest BCUT2D eigenvalue weighted by atomic mass is 14.9. The Morgan fingerprint density at radius 1 is 1.21 bits per heavy atom. The van der Waals surface area contributed by atoms with E-state index >= 15 is 0 Å². The normalized spacial score (nSPS) is 22.4. The Balaban J connectivity index is 1.80. The number of rotatable bonds is 5. The molecule has 0 radical (unpaired) electrons. The van der Waals surface area contributed by atoms with Gasteiger partial charge in [0, 0.05) is 17.8 Å². The van der Waals surface area contributed by atoms with Crippen LogP contribution < -0.4 is 5.32 Å². The minimum atomic E-state index is 0.697. The number of fused-ring (bicyclic) bond motifs is 1. The highest BCUT2D eigenvalue weighted by Crippen LogP contribution is 2.44. The molecule has 1 aliphatic rings. The second kappa shape index (κ2) is 5.70. The molecule has 0 amide bonds. The van der Waals surface area contributed by atoms with Gasteiger partial charge in [0.25, 0.3) is 0 Å². The predicted octanol–water partition coefficient (Wildman–Crippen LogP) is 3.73. The van der Waals surface area contributed by atoms with E-state index in [0.717, 1.165) is 19.0 Å². The van der Waals surface area contributed by atoms with Gasteiger partial charge in [-0.25, -0.2) is 0 Å². The summed E-state index contributed by atoms with van der Waals surface area (Å²) in [6, 6.07) is 8.62. The standard InChI is InChI=1S/C17H22N2/c1-2-9-18-10-14-7-8-16(14)17-12-19-11-13-5-3-4-6-15(13)17/h3-6,11-12,14,16,18H,2,7-10H2,1H3. The number of nitrogens with zero attached hydrogens (tertiary/aromatic N) is 1. The molecule has 100 valence electrons. The molecule has 0 spiro atoms. The minimum absolute atomic E-state index is 0.697. The quantitative estimate of drug-likeness (QED) is 0.822. The molecule has 1 aromatic heterocycles. The molecular weight excluding hydrogens is 232 g/mol. The largest absolute Gasteiger partial charge is 0.316 e. The Labute approximate surface area is 115 Å². The van der Waals surface area contributed by atoms with Crippen LogP contribution in [0.4, 0.5) is 0 Å². The van der Waals surface area contributed by atoms with Gasteiger partial charge in [-0.1, -0.05) is 31.2 Å². The summed E-state index contributed by atoms with van der Waals surface area (Å²) in [6.07, 6.45) is 7.94. The summed E-state index contributed by atoms with van der Waals surface area (Å²) < 4.78 is 0. The monoisotopic (exact) mass is 254 g/mol. The summed E-state index contributed by atoms with van der Waals surface area (Å²) in [6.45, 7) is 4.51. The van der Waals surface area contributed by atoms with Gasteiger partial charge in [0.2, 0.25) is 0 Å². The third-order valence-electron chi connectivity index (χ3n) is 4.35. The maximum atomic E-state index is 4.43. The van der Waals surface area contributed by atoms with Gasteiger partial charge in [0.15, 0.2) is 0 Å². The van der Waals surface area contributed by atoms with E-state index in [9.17, 15) is 0 Å². The third-order valence-corrected chi connectivity index (χ3v) is 4.35. The van der Waals surface area contributed by atoms with Crippen molar-refractivity contribution in [3.05, 3.63) is 42.2 Å². The first-order valence-electron chi connectivity index (χ1n) is 7.43. The average molecular weight is 254 g/mol. The molecule has 1 N–H and O–H groups in total. The summed E-state index contributed by atoms with van der Waals surface area (Å²) in [5.41, 5.74) is 1.45. The highest BCUT2D eigenvalue weighted by Gasteiger charge is 2.32. The second-order valence-corrected chi connectivity index (χ2v) is 5.60. The van der Waals surface area contributed by atoms with Crippen LogP contribution in [-0.4, -0.2) is 18.1 Å². The van der Waals surface area contributed by atoms with E-state index in [1.807, 2.05) is 6.20 Å². The molecule has 1 fully saturated rings. The number of hydrogen-bond donors (Lipinski definition) is 1. The summed E-state index contributed by atoms with van der Waals surface area (Å²) in [5.74, 6) is 1.49. The molecular formula is C17H22N2. The Hall–Kier alpha value is -1.41. The number of benzene rings is 1. The zero-order chi connectivity index (χ0) is 13.1. The van der Waals surface area contributed by atoms with Crippen LogP contribution in [0.15, 0.2) is 36.7 Å². The van der Waals surface area contributed by atoms with Crippen molar-refractivity contribution in [2.45, 2.75) is 32.1 Å². The van der Waals surface area contributed by atoms with Gasteiger partial charge in [-0.15, -0.1) is 0 Å². The molecule has 19 heavy (non-hydrogen) atoms. The van der Waals surface area contributed by atoms with Crippen molar-refractivity contribution < 1.29 is 0 Å². The van der Waals surface area contributed by atoms with E-state index in [1.54, 1.807) is 0 Å². The number of aromatic nitrogens is 1. The molecule has 1 saturated carbocycles. The van der Waals surface area contributed by atoms with Gasteiger partial charge in [0.1, 0.15) is 0 Å². The first-order chi connectivity index (χ1) is 9.40. The maximum Gasteiger partial charge on any atom is 0.0346 e. The first kappa shape index (κ1) is 12.6. The minimum Gasteiger partial charge on any atom is -0.316 e. The fraction of sp³-hybridized carbons (Fsp3) is 0.471. The van der Waals surface area contributed by atoms with E-state index in [1.165, 1.54) is 35.6 Å². The lowest BCUT2D eigenvalue weighted by Gasteiger charge is -2.37. The average Bonchev–Trinajstić information content (AvgIpc) is 2.43. The van der Waals surface area contributed by atoms with Crippen molar-refractivity contribution in [1.29, 1.82) is 0 Å². The highest BCUT2D eigenvalue weighted by molar-refractivity contribution is 5.85. The second-order valence-electron chi connectivity index (χ2n) is 5.60. The van der Waals surface area contributed by atoms with E-state index < -0.39 is 0 Å². The number of nitrogens with one attached hydrogen (secondary N) is 1. The molecule has 1 aromatic carbocycles. The SMILES string of the molecule is CCCNCC1CCC1c1cncc2ccccc12. The third kappa shape index (κ3) is 2.50. The molecule has 2 atom stereocenters. The van der Waals surface area contributed by atoms with Crippen molar-refractivity contribution in [3.63, 3.8) is 0 Å². The zero-order valence-corrected chi connectivity index (χ0v) is 11.6. The van der Waals surface area contributed by atoms with Gasteiger partial charge in [-0.05, 0) is 55.1 Å². The van der Waals surface area contributed by atoms with Crippen molar-refractivity contribution in [1.82, 2.24) is 10.3 Å². The van der Waals surface area contributed by atoms with Crippen LogP contribution in [0.25, 0.3) is 10.8 Å².